The average Bonchev–Trinajstić information content (AvgIpc) is 2.81. The Bertz CT molecular complexity index is 673. The number of ketones is 1. The van der Waals surface area contributed by atoms with E-state index in [2.05, 4.69) is 6.92 Å². The van der Waals surface area contributed by atoms with Crippen LogP contribution in [0.15, 0.2) is 24.3 Å². The fourth-order valence-electron chi connectivity index (χ4n) is 2.91. The van der Waals surface area contributed by atoms with Gasteiger partial charge in [-0.2, -0.15) is 0 Å². The highest BCUT2D eigenvalue weighted by molar-refractivity contribution is 7.16. The van der Waals surface area contributed by atoms with E-state index in [1.165, 1.54) is 10.4 Å². The van der Waals surface area contributed by atoms with Crippen LogP contribution < -0.4 is 10.5 Å². The maximum Gasteiger partial charge on any atom is 0.196 e. The summed E-state index contributed by atoms with van der Waals surface area (Å²) in [4.78, 5) is 14.1. The van der Waals surface area contributed by atoms with Crippen LogP contribution in [0.25, 0.3) is 0 Å². The third-order valence-electron chi connectivity index (χ3n) is 4.12. The number of nitrogens with two attached hydrogens (primary N) is 1. The molecule has 110 valence electrons. The number of benzene rings is 1. The molecule has 21 heavy (non-hydrogen) atoms. The molecule has 1 atom stereocenters. The van der Waals surface area contributed by atoms with Gasteiger partial charge in [0.15, 0.2) is 5.78 Å². The van der Waals surface area contributed by atoms with E-state index >= 15 is 0 Å². The van der Waals surface area contributed by atoms with Crippen molar-refractivity contribution in [3.05, 3.63) is 45.8 Å². The molecule has 0 saturated carbocycles. The molecule has 1 aliphatic carbocycles. The van der Waals surface area contributed by atoms with Crippen LogP contribution >= 0.6 is 11.3 Å². The van der Waals surface area contributed by atoms with Gasteiger partial charge in [-0.25, -0.2) is 0 Å². The first-order valence-electron chi connectivity index (χ1n) is 7.19. The summed E-state index contributed by atoms with van der Waals surface area (Å²) < 4.78 is 5.13. The predicted molar refractivity (Wildman–Crippen MR) is 86.3 cm³/mol. The zero-order valence-corrected chi connectivity index (χ0v) is 13.1. The Kier molecular flexibility index (Phi) is 3.72. The van der Waals surface area contributed by atoms with Crippen LogP contribution in [0.2, 0.25) is 0 Å². The molecule has 3 nitrogen and oxygen atoms in total. The van der Waals surface area contributed by atoms with Crippen molar-refractivity contribution in [2.45, 2.75) is 26.2 Å². The Hall–Kier alpha value is -1.81. The molecule has 3 rings (SSSR count). The van der Waals surface area contributed by atoms with Gasteiger partial charge in [0.05, 0.1) is 17.7 Å². The van der Waals surface area contributed by atoms with Crippen LogP contribution in [0, 0.1) is 5.92 Å². The molecule has 1 aliphatic rings. The Morgan fingerprint density at radius 2 is 2.05 bits per heavy atom. The van der Waals surface area contributed by atoms with Crippen molar-refractivity contribution in [1.82, 2.24) is 0 Å². The first-order chi connectivity index (χ1) is 10.1. The molecule has 0 bridgehead atoms. The Balaban J connectivity index is 1.98. The molecule has 0 spiro atoms. The molecular formula is C17H19NO2S. The topological polar surface area (TPSA) is 52.3 Å². The molecule has 1 heterocycles. The monoisotopic (exact) mass is 301 g/mol. The molecule has 2 N–H and O–H groups in total. The minimum Gasteiger partial charge on any atom is -0.497 e. The molecule has 1 aromatic heterocycles. The minimum absolute atomic E-state index is 0.0298. The van der Waals surface area contributed by atoms with Crippen molar-refractivity contribution in [2.24, 2.45) is 5.92 Å². The first-order valence-corrected chi connectivity index (χ1v) is 8.00. The van der Waals surface area contributed by atoms with Crippen LogP contribution in [-0.2, 0) is 12.8 Å². The summed E-state index contributed by atoms with van der Waals surface area (Å²) >= 11 is 1.58. The number of carbonyl (C=O) groups excluding carboxylic acids is 1. The van der Waals surface area contributed by atoms with E-state index in [1.807, 2.05) is 12.1 Å². The number of thiophene rings is 1. The summed E-state index contributed by atoms with van der Waals surface area (Å²) in [6.07, 6.45) is 3.13. The van der Waals surface area contributed by atoms with E-state index in [9.17, 15) is 4.79 Å². The Labute approximate surface area is 128 Å². The zero-order chi connectivity index (χ0) is 15.0. The van der Waals surface area contributed by atoms with Gasteiger partial charge in [-0.1, -0.05) is 6.92 Å². The summed E-state index contributed by atoms with van der Waals surface area (Å²) in [7, 11) is 1.62. The van der Waals surface area contributed by atoms with Crippen LogP contribution in [0.3, 0.4) is 0 Å². The number of nitrogen functional groups attached to an aromatic ring is 1. The largest absolute Gasteiger partial charge is 0.497 e. The highest BCUT2D eigenvalue weighted by Crippen LogP contribution is 2.39. The second-order valence-electron chi connectivity index (χ2n) is 5.65. The van der Waals surface area contributed by atoms with Gasteiger partial charge in [-0.3, -0.25) is 4.79 Å². The summed E-state index contributed by atoms with van der Waals surface area (Å²) in [5.74, 6) is 1.46. The van der Waals surface area contributed by atoms with E-state index in [4.69, 9.17) is 10.5 Å². The van der Waals surface area contributed by atoms with Gasteiger partial charge in [0.25, 0.3) is 0 Å². The number of rotatable bonds is 3. The SMILES string of the molecule is COc1ccc(C(=O)c2c(N)sc3c2CC[C@@H](C)C3)cc1. The molecule has 4 heteroatoms. The third kappa shape index (κ3) is 2.56. The molecule has 2 aromatic rings. The van der Waals surface area contributed by atoms with Gasteiger partial charge in [-0.15, -0.1) is 11.3 Å². The fourth-order valence-corrected chi connectivity index (χ4v) is 4.19. The number of anilines is 1. The molecule has 1 aromatic carbocycles. The van der Waals surface area contributed by atoms with Gasteiger partial charge >= 0.3 is 0 Å². The van der Waals surface area contributed by atoms with Crippen molar-refractivity contribution in [3.8, 4) is 5.75 Å². The van der Waals surface area contributed by atoms with Gasteiger partial charge in [-0.05, 0) is 55.0 Å². The second-order valence-corrected chi connectivity index (χ2v) is 6.79. The molecular weight excluding hydrogens is 282 g/mol. The lowest BCUT2D eigenvalue weighted by atomic mass is 9.86. The van der Waals surface area contributed by atoms with Crippen molar-refractivity contribution >= 4 is 22.1 Å². The van der Waals surface area contributed by atoms with E-state index < -0.39 is 0 Å². The van der Waals surface area contributed by atoms with Gasteiger partial charge in [0.1, 0.15) is 5.75 Å². The normalized spacial score (nSPS) is 17.3. The average molecular weight is 301 g/mol. The number of methoxy groups -OCH3 is 1. The highest BCUT2D eigenvalue weighted by atomic mass is 32.1. The van der Waals surface area contributed by atoms with Crippen molar-refractivity contribution in [1.29, 1.82) is 0 Å². The third-order valence-corrected chi connectivity index (χ3v) is 5.20. The van der Waals surface area contributed by atoms with E-state index in [-0.39, 0.29) is 5.78 Å². The van der Waals surface area contributed by atoms with Gasteiger partial charge < -0.3 is 10.5 Å². The van der Waals surface area contributed by atoms with Crippen molar-refractivity contribution in [3.63, 3.8) is 0 Å². The molecule has 0 aliphatic heterocycles. The van der Waals surface area contributed by atoms with Crippen LogP contribution in [0.5, 0.6) is 5.75 Å². The molecule has 0 fully saturated rings. The van der Waals surface area contributed by atoms with Crippen molar-refractivity contribution in [2.75, 3.05) is 12.8 Å². The van der Waals surface area contributed by atoms with Gasteiger partial charge in [0, 0.05) is 10.4 Å². The van der Waals surface area contributed by atoms with E-state index in [0.717, 1.165) is 30.6 Å². The smallest absolute Gasteiger partial charge is 0.196 e. The maximum absolute atomic E-state index is 12.8. The molecule has 0 saturated heterocycles. The number of hydrogen-bond acceptors (Lipinski definition) is 4. The van der Waals surface area contributed by atoms with Crippen LogP contribution in [-0.4, -0.2) is 12.9 Å². The number of carbonyl (C=O) groups is 1. The summed E-state index contributed by atoms with van der Waals surface area (Å²) in [5, 5.41) is 0.662. The minimum atomic E-state index is 0.0298. The van der Waals surface area contributed by atoms with Crippen LogP contribution in [0.4, 0.5) is 5.00 Å². The molecule has 0 amide bonds. The zero-order valence-electron chi connectivity index (χ0n) is 12.3. The Morgan fingerprint density at radius 3 is 2.71 bits per heavy atom. The standard InChI is InChI=1S/C17H19NO2S/c1-10-3-8-13-14(9-10)21-17(18)15(13)16(19)11-4-6-12(20-2)7-5-11/h4-7,10H,3,8-9,18H2,1-2H3/t10-/m1/s1. The molecule has 0 radical (unpaired) electrons. The summed E-state index contributed by atoms with van der Waals surface area (Å²) in [6, 6.07) is 7.22. The lowest BCUT2D eigenvalue weighted by molar-refractivity contribution is 0.103. The maximum atomic E-state index is 12.8. The van der Waals surface area contributed by atoms with Crippen LogP contribution in [0.1, 0.15) is 39.7 Å². The predicted octanol–water partition coefficient (Wildman–Crippen LogP) is 3.69. The fraction of sp³-hybridized carbons (Fsp3) is 0.353. The van der Waals surface area contributed by atoms with E-state index in [1.54, 1.807) is 30.6 Å². The summed E-state index contributed by atoms with van der Waals surface area (Å²) in [5.41, 5.74) is 8.71. The summed E-state index contributed by atoms with van der Waals surface area (Å²) in [6.45, 7) is 2.25. The molecule has 0 unspecified atom stereocenters. The quantitative estimate of drug-likeness (QED) is 0.880. The lowest BCUT2D eigenvalue weighted by Gasteiger charge is -2.18. The number of hydrogen-bond donors (Lipinski definition) is 1. The second kappa shape index (κ2) is 5.53. The van der Waals surface area contributed by atoms with E-state index in [0.29, 0.717) is 16.5 Å². The first kappa shape index (κ1) is 14.1. The number of ether oxygens (including phenoxy) is 1. The van der Waals surface area contributed by atoms with Crippen molar-refractivity contribution < 1.29 is 9.53 Å². The lowest BCUT2D eigenvalue weighted by Crippen LogP contribution is -2.13. The Morgan fingerprint density at radius 1 is 1.33 bits per heavy atom. The van der Waals surface area contributed by atoms with Gasteiger partial charge in [0.2, 0.25) is 0 Å². The highest BCUT2D eigenvalue weighted by Gasteiger charge is 2.26. The number of fused-ring (bicyclic) bond motifs is 1.